The fourth-order valence-corrected chi connectivity index (χ4v) is 2.66. The minimum atomic E-state index is -0.140. The van der Waals surface area contributed by atoms with E-state index in [1.54, 1.807) is 14.1 Å². The Bertz CT molecular complexity index is 732. The zero-order valence-electron chi connectivity index (χ0n) is 16.3. The summed E-state index contributed by atoms with van der Waals surface area (Å²) in [6.07, 6.45) is 1.88. The molecule has 2 aromatic rings. The van der Waals surface area contributed by atoms with Crippen LogP contribution >= 0.6 is 0 Å². The molecule has 0 fully saturated rings. The van der Waals surface area contributed by atoms with E-state index in [0.717, 1.165) is 5.69 Å². The van der Waals surface area contributed by atoms with Crippen LogP contribution in [0.15, 0.2) is 18.3 Å². The van der Waals surface area contributed by atoms with E-state index in [2.05, 4.69) is 62.4 Å². The fraction of sp³-hybridized carbons (Fsp3) is 0.526. The van der Waals surface area contributed by atoms with Gasteiger partial charge in [0.15, 0.2) is 0 Å². The Morgan fingerprint density at radius 1 is 1.20 bits per heavy atom. The number of aryl methyl sites for hydroxylation is 2. The minimum Gasteiger partial charge on any atom is -0.332 e. The van der Waals surface area contributed by atoms with Crippen molar-refractivity contribution in [2.45, 2.75) is 53.1 Å². The maximum Gasteiger partial charge on any atom is 0.317 e. The number of amides is 2. The van der Waals surface area contributed by atoms with Crippen molar-refractivity contribution in [1.82, 2.24) is 25.2 Å². The molecular weight excluding hydrogens is 314 g/mol. The van der Waals surface area contributed by atoms with Crippen molar-refractivity contribution >= 4 is 6.03 Å². The van der Waals surface area contributed by atoms with E-state index < -0.39 is 0 Å². The van der Waals surface area contributed by atoms with Crippen LogP contribution in [0.4, 0.5) is 4.79 Å². The van der Waals surface area contributed by atoms with Gasteiger partial charge in [-0.1, -0.05) is 38.1 Å². The number of benzene rings is 1. The number of hydrogen-bond donors (Lipinski definition) is 1. The lowest BCUT2D eigenvalue weighted by Gasteiger charge is -2.22. The van der Waals surface area contributed by atoms with Crippen LogP contribution in [0, 0.1) is 13.8 Å². The summed E-state index contributed by atoms with van der Waals surface area (Å²) in [6.45, 7) is 12.0. The largest absolute Gasteiger partial charge is 0.332 e. The maximum absolute atomic E-state index is 11.6. The molecule has 1 aromatic heterocycles. The summed E-state index contributed by atoms with van der Waals surface area (Å²) in [7, 11) is 3.41. The molecule has 1 heterocycles. The summed E-state index contributed by atoms with van der Waals surface area (Å²) in [5.41, 5.74) is 6.03. The zero-order valence-corrected chi connectivity index (χ0v) is 16.3. The Labute approximate surface area is 150 Å². The molecule has 6 heteroatoms. The molecule has 1 aromatic carbocycles. The van der Waals surface area contributed by atoms with Gasteiger partial charge in [0, 0.05) is 14.1 Å². The number of carbonyl (C=O) groups is 1. The van der Waals surface area contributed by atoms with Crippen LogP contribution in [0.5, 0.6) is 0 Å². The van der Waals surface area contributed by atoms with E-state index in [1.165, 1.54) is 27.2 Å². The van der Waals surface area contributed by atoms with Crippen molar-refractivity contribution in [3.63, 3.8) is 0 Å². The number of aromatic nitrogens is 3. The van der Waals surface area contributed by atoms with Gasteiger partial charge in [-0.05, 0) is 41.5 Å². The van der Waals surface area contributed by atoms with Crippen molar-refractivity contribution in [2.24, 2.45) is 0 Å². The molecule has 0 aliphatic heterocycles. The molecule has 0 saturated carbocycles. The van der Waals surface area contributed by atoms with Crippen LogP contribution in [0.1, 0.15) is 48.7 Å². The fourth-order valence-electron chi connectivity index (χ4n) is 2.66. The Morgan fingerprint density at radius 2 is 1.80 bits per heavy atom. The Morgan fingerprint density at radius 3 is 2.32 bits per heavy atom. The van der Waals surface area contributed by atoms with E-state index >= 15 is 0 Å². The van der Waals surface area contributed by atoms with Crippen LogP contribution < -0.4 is 5.32 Å². The quantitative estimate of drug-likeness (QED) is 0.928. The summed E-state index contributed by atoms with van der Waals surface area (Å²) < 4.78 is 1.82. The molecule has 2 amide bonds. The van der Waals surface area contributed by atoms with Crippen LogP contribution in [-0.2, 0) is 18.5 Å². The highest BCUT2D eigenvalue weighted by Crippen LogP contribution is 2.27. The van der Waals surface area contributed by atoms with Crippen LogP contribution in [0.25, 0.3) is 0 Å². The lowest BCUT2D eigenvalue weighted by atomic mass is 9.84. The second kappa shape index (κ2) is 7.25. The van der Waals surface area contributed by atoms with E-state index in [0.29, 0.717) is 13.1 Å². The average Bonchev–Trinajstić information content (AvgIpc) is 2.94. The molecule has 25 heavy (non-hydrogen) atoms. The molecule has 2 rings (SSSR count). The normalized spacial score (nSPS) is 11.5. The molecule has 6 nitrogen and oxygen atoms in total. The van der Waals surface area contributed by atoms with Crippen LogP contribution in [0.3, 0.4) is 0 Å². The predicted octanol–water partition coefficient (Wildman–Crippen LogP) is 3.01. The standard InChI is InChI=1S/C19H29N5O/c1-13-8-15(19(3,4)5)9-14(2)17(13)12-24-11-16(21-22-24)10-20-18(25)23(6)7/h8-9,11H,10,12H2,1-7H3,(H,20,25). The Balaban J connectivity index is 2.12. The first kappa shape index (κ1) is 19.0. The van der Waals surface area contributed by atoms with Gasteiger partial charge < -0.3 is 10.2 Å². The molecule has 0 bridgehead atoms. The second-order valence-electron chi connectivity index (χ2n) is 7.80. The van der Waals surface area contributed by atoms with Gasteiger partial charge in [-0.25, -0.2) is 9.48 Å². The monoisotopic (exact) mass is 343 g/mol. The minimum absolute atomic E-state index is 0.138. The first-order chi connectivity index (χ1) is 11.6. The number of carbonyl (C=O) groups excluding carboxylic acids is 1. The molecule has 0 radical (unpaired) electrons. The van der Waals surface area contributed by atoms with E-state index in [1.807, 2.05) is 10.9 Å². The number of nitrogens with zero attached hydrogens (tertiary/aromatic N) is 4. The zero-order chi connectivity index (χ0) is 18.8. The van der Waals surface area contributed by atoms with Gasteiger partial charge in [-0.2, -0.15) is 0 Å². The summed E-state index contributed by atoms with van der Waals surface area (Å²) in [6, 6.07) is 4.38. The molecule has 0 aliphatic carbocycles. The lowest BCUT2D eigenvalue weighted by molar-refractivity contribution is 0.217. The molecule has 136 valence electrons. The second-order valence-corrected chi connectivity index (χ2v) is 7.80. The smallest absolute Gasteiger partial charge is 0.317 e. The highest BCUT2D eigenvalue weighted by atomic mass is 16.2. The Kier molecular flexibility index (Phi) is 5.50. The highest BCUT2D eigenvalue weighted by molar-refractivity contribution is 5.73. The van der Waals surface area contributed by atoms with Crippen LogP contribution in [0.2, 0.25) is 0 Å². The van der Waals surface area contributed by atoms with Crippen LogP contribution in [-0.4, -0.2) is 40.0 Å². The van der Waals surface area contributed by atoms with Gasteiger partial charge in [-0.3, -0.25) is 0 Å². The number of urea groups is 1. The van der Waals surface area contributed by atoms with Gasteiger partial charge in [0.05, 0.1) is 19.3 Å². The third-order valence-corrected chi connectivity index (χ3v) is 4.30. The van der Waals surface area contributed by atoms with E-state index in [9.17, 15) is 4.79 Å². The predicted molar refractivity (Wildman–Crippen MR) is 99.7 cm³/mol. The molecule has 1 N–H and O–H groups in total. The van der Waals surface area contributed by atoms with E-state index in [4.69, 9.17) is 0 Å². The molecule has 0 spiro atoms. The topological polar surface area (TPSA) is 63.1 Å². The summed E-state index contributed by atoms with van der Waals surface area (Å²) in [5.74, 6) is 0. The van der Waals surface area contributed by atoms with Gasteiger partial charge in [-0.15, -0.1) is 5.10 Å². The maximum atomic E-state index is 11.6. The molecular formula is C19H29N5O. The number of hydrogen-bond acceptors (Lipinski definition) is 3. The highest BCUT2D eigenvalue weighted by Gasteiger charge is 2.16. The third kappa shape index (κ3) is 4.81. The molecule has 0 unspecified atom stereocenters. The number of rotatable bonds is 4. The molecule has 0 aliphatic rings. The first-order valence-electron chi connectivity index (χ1n) is 8.52. The van der Waals surface area contributed by atoms with E-state index in [-0.39, 0.29) is 11.4 Å². The number of nitrogens with one attached hydrogen (secondary N) is 1. The first-order valence-corrected chi connectivity index (χ1v) is 8.52. The average molecular weight is 343 g/mol. The van der Waals surface area contributed by atoms with Crippen molar-refractivity contribution in [2.75, 3.05) is 14.1 Å². The lowest BCUT2D eigenvalue weighted by Crippen LogP contribution is -2.34. The van der Waals surface area contributed by atoms with Gasteiger partial charge in [0.25, 0.3) is 0 Å². The van der Waals surface area contributed by atoms with Crippen molar-refractivity contribution in [3.05, 3.63) is 46.3 Å². The van der Waals surface area contributed by atoms with Gasteiger partial charge in [0.1, 0.15) is 5.69 Å². The Hall–Kier alpha value is -2.37. The molecule has 0 saturated heterocycles. The summed E-state index contributed by atoms with van der Waals surface area (Å²) in [5, 5.41) is 11.1. The van der Waals surface area contributed by atoms with Crippen molar-refractivity contribution in [3.8, 4) is 0 Å². The van der Waals surface area contributed by atoms with Crippen molar-refractivity contribution < 1.29 is 4.79 Å². The SMILES string of the molecule is Cc1cc(C(C)(C)C)cc(C)c1Cn1cc(CNC(=O)N(C)C)nn1. The molecule has 0 atom stereocenters. The van der Waals surface area contributed by atoms with Crippen molar-refractivity contribution in [1.29, 1.82) is 0 Å². The summed E-state index contributed by atoms with van der Waals surface area (Å²) in [4.78, 5) is 13.1. The summed E-state index contributed by atoms with van der Waals surface area (Å²) >= 11 is 0. The van der Waals surface area contributed by atoms with Gasteiger partial charge in [0.2, 0.25) is 0 Å². The third-order valence-electron chi connectivity index (χ3n) is 4.30. The van der Waals surface area contributed by atoms with Gasteiger partial charge >= 0.3 is 6.03 Å².